The Hall–Kier alpha value is -2.34. The normalized spacial score (nSPS) is 14.0. The number of sulfonamides is 1. The Morgan fingerprint density at radius 1 is 1.08 bits per heavy atom. The lowest BCUT2D eigenvalue weighted by atomic mass is 10.0. The zero-order valence-corrected chi connectivity index (χ0v) is 15.8. The Balaban J connectivity index is 1.72. The van der Waals surface area contributed by atoms with Gasteiger partial charge in [-0.2, -0.15) is 0 Å². The van der Waals surface area contributed by atoms with Crippen molar-refractivity contribution >= 4 is 27.3 Å². The van der Waals surface area contributed by atoms with Crippen LogP contribution in [0, 0.1) is 0 Å². The molecule has 0 spiro atoms. The smallest absolute Gasteiger partial charge is 0.235 e. The van der Waals surface area contributed by atoms with Crippen molar-refractivity contribution in [3.8, 4) is 0 Å². The minimum Gasteiger partial charge on any atom is -0.313 e. The van der Waals surface area contributed by atoms with Gasteiger partial charge in [0.25, 0.3) is 0 Å². The summed E-state index contributed by atoms with van der Waals surface area (Å²) in [6.07, 6.45) is 1.66. The SMILES string of the molecule is CCN(C(=O)CCS(=O)(=O)N1CCCc2ccccc21)c1ccccc1. The van der Waals surface area contributed by atoms with E-state index in [-0.39, 0.29) is 18.1 Å². The zero-order chi connectivity index (χ0) is 18.6. The molecule has 2 aromatic carbocycles. The van der Waals surface area contributed by atoms with E-state index >= 15 is 0 Å². The summed E-state index contributed by atoms with van der Waals surface area (Å²) < 4.78 is 27.2. The van der Waals surface area contributed by atoms with E-state index in [0.29, 0.717) is 13.1 Å². The highest BCUT2D eigenvalue weighted by atomic mass is 32.2. The number of fused-ring (bicyclic) bond motifs is 1. The van der Waals surface area contributed by atoms with Gasteiger partial charge in [0.15, 0.2) is 0 Å². The fourth-order valence-corrected chi connectivity index (χ4v) is 4.90. The van der Waals surface area contributed by atoms with Crippen molar-refractivity contribution < 1.29 is 13.2 Å². The lowest BCUT2D eigenvalue weighted by Crippen LogP contribution is -2.39. The first-order valence-electron chi connectivity index (χ1n) is 8.96. The van der Waals surface area contributed by atoms with E-state index in [9.17, 15) is 13.2 Å². The van der Waals surface area contributed by atoms with E-state index in [1.54, 1.807) is 4.90 Å². The number of aryl methyl sites for hydroxylation is 1. The number of benzene rings is 2. The molecule has 26 heavy (non-hydrogen) atoms. The van der Waals surface area contributed by atoms with E-state index in [1.165, 1.54) is 4.31 Å². The molecule has 2 aromatic rings. The first-order chi connectivity index (χ1) is 12.5. The second kappa shape index (κ2) is 7.91. The van der Waals surface area contributed by atoms with Crippen LogP contribution in [0.3, 0.4) is 0 Å². The van der Waals surface area contributed by atoms with Crippen LogP contribution in [-0.2, 0) is 21.2 Å². The van der Waals surface area contributed by atoms with Gasteiger partial charge in [0.1, 0.15) is 0 Å². The predicted octanol–water partition coefficient (Wildman–Crippen LogP) is 3.21. The summed E-state index contributed by atoms with van der Waals surface area (Å²) in [5.41, 5.74) is 2.59. The lowest BCUT2D eigenvalue weighted by molar-refractivity contribution is -0.118. The van der Waals surface area contributed by atoms with Gasteiger partial charge in [0, 0.05) is 25.2 Å². The largest absolute Gasteiger partial charge is 0.313 e. The van der Waals surface area contributed by atoms with E-state index in [0.717, 1.165) is 29.8 Å². The topological polar surface area (TPSA) is 57.7 Å². The maximum atomic E-state index is 12.9. The van der Waals surface area contributed by atoms with Crippen LogP contribution in [0.2, 0.25) is 0 Å². The van der Waals surface area contributed by atoms with Gasteiger partial charge < -0.3 is 4.90 Å². The average molecular weight is 372 g/mol. The van der Waals surface area contributed by atoms with Gasteiger partial charge >= 0.3 is 0 Å². The highest BCUT2D eigenvalue weighted by molar-refractivity contribution is 7.92. The molecule has 6 heteroatoms. The summed E-state index contributed by atoms with van der Waals surface area (Å²) in [7, 11) is -3.53. The summed E-state index contributed by atoms with van der Waals surface area (Å²) >= 11 is 0. The van der Waals surface area contributed by atoms with Crippen molar-refractivity contribution in [3.63, 3.8) is 0 Å². The fraction of sp³-hybridized carbons (Fsp3) is 0.350. The summed E-state index contributed by atoms with van der Waals surface area (Å²) in [6.45, 7) is 2.87. The van der Waals surface area contributed by atoms with Crippen molar-refractivity contribution in [1.29, 1.82) is 0 Å². The van der Waals surface area contributed by atoms with Crippen LogP contribution in [-0.4, -0.2) is 33.2 Å². The monoisotopic (exact) mass is 372 g/mol. The van der Waals surface area contributed by atoms with Crippen molar-refractivity contribution in [3.05, 3.63) is 60.2 Å². The van der Waals surface area contributed by atoms with E-state index in [1.807, 2.05) is 61.5 Å². The molecule has 0 aliphatic carbocycles. The highest BCUT2D eigenvalue weighted by Crippen LogP contribution is 2.29. The van der Waals surface area contributed by atoms with Crippen LogP contribution in [0.15, 0.2) is 54.6 Å². The van der Waals surface area contributed by atoms with Crippen LogP contribution < -0.4 is 9.21 Å². The minimum absolute atomic E-state index is 0.0241. The zero-order valence-electron chi connectivity index (χ0n) is 15.0. The molecule has 0 N–H and O–H groups in total. The molecule has 0 unspecified atom stereocenters. The molecule has 0 saturated carbocycles. The third-order valence-electron chi connectivity index (χ3n) is 4.66. The van der Waals surface area contributed by atoms with Gasteiger partial charge in [-0.25, -0.2) is 8.42 Å². The number of hydrogen-bond donors (Lipinski definition) is 0. The number of carbonyl (C=O) groups is 1. The summed E-state index contributed by atoms with van der Waals surface area (Å²) in [5, 5.41) is 0. The van der Waals surface area contributed by atoms with Crippen LogP contribution in [0.25, 0.3) is 0 Å². The number of anilines is 2. The van der Waals surface area contributed by atoms with Crippen molar-refractivity contribution in [2.45, 2.75) is 26.2 Å². The van der Waals surface area contributed by atoms with Crippen LogP contribution in [0.1, 0.15) is 25.3 Å². The molecule has 1 aliphatic rings. The predicted molar refractivity (Wildman–Crippen MR) is 105 cm³/mol. The summed E-state index contributed by atoms with van der Waals surface area (Å²) in [4.78, 5) is 14.2. The second-order valence-corrected chi connectivity index (χ2v) is 8.36. The maximum Gasteiger partial charge on any atom is 0.235 e. The Morgan fingerprint density at radius 2 is 1.77 bits per heavy atom. The molecule has 1 heterocycles. The Bertz CT molecular complexity index is 866. The first-order valence-corrected chi connectivity index (χ1v) is 10.6. The molecular weight excluding hydrogens is 348 g/mol. The summed E-state index contributed by atoms with van der Waals surface area (Å²) in [6, 6.07) is 16.9. The fourth-order valence-electron chi connectivity index (χ4n) is 3.36. The molecule has 1 aliphatic heterocycles. The molecular formula is C20H24N2O3S. The molecule has 5 nitrogen and oxygen atoms in total. The first kappa shape index (κ1) is 18.5. The molecule has 0 atom stereocenters. The number of hydrogen-bond acceptors (Lipinski definition) is 3. The number of para-hydroxylation sites is 2. The molecule has 0 bridgehead atoms. The summed E-state index contributed by atoms with van der Waals surface area (Å²) in [5.74, 6) is -0.351. The third-order valence-corrected chi connectivity index (χ3v) is 6.43. The molecule has 0 fully saturated rings. The molecule has 1 amide bonds. The average Bonchev–Trinajstić information content (AvgIpc) is 2.67. The van der Waals surface area contributed by atoms with Crippen molar-refractivity contribution in [1.82, 2.24) is 0 Å². The highest BCUT2D eigenvalue weighted by Gasteiger charge is 2.28. The molecule has 0 saturated heterocycles. The maximum absolute atomic E-state index is 12.9. The minimum atomic E-state index is -3.53. The van der Waals surface area contributed by atoms with Gasteiger partial charge in [-0.05, 0) is 43.5 Å². The Kier molecular flexibility index (Phi) is 5.61. The van der Waals surface area contributed by atoms with Gasteiger partial charge in [-0.1, -0.05) is 36.4 Å². The van der Waals surface area contributed by atoms with Crippen molar-refractivity contribution in [2.24, 2.45) is 0 Å². The van der Waals surface area contributed by atoms with Gasteiger partial charge in [0.2, 0.25) is 15.9 Å². The number of rotatable bonds is 6. The van der Waals surface area contributed by atoms with E-state index in [4.69, 9.17) is 0 Å². The number of amides is 1. The number of nitrogens with zero attached hydrogens (tertiary/aromatic N) is 2. The van der Waals surface area contributed by atoms with Crippen LogP contribution >= 0.6 is 0 Å². The number of carbonyl (C=O) groups excluding carboxylic acids is 1. The Labute approximate surface area is 155 Å². The van der Waals surface area contributed by atoms with E-state index in [2.05, 4.69) is 0 Å². The van der Waals surface area contributed by atoms with Gasteiger partial charge in [-0.3, -0.25) is 9.10 Å². The van der Waals surface area contributed by atoms with E-state index < -0.39 is 10.0 Å². The molecule has 0 aromatic heterocycles. The van der Waals surface area contributed by atoms with Gasteiger partial charge in [-0.15, -0.1) is 0 Å². The van der Waals surface area contributed by atoms with Crippen LogP contribution in [0.5, 0.6) is 0 Å². The lowest BCUT2D eigenvalue weighted by Gasteiger charge is -2.30. The van der Waals surface area contributed by atoms with Crippen molar-refractivity contribution in [2.75, 3.05) is 28.0 Å². The quantitative estimate of drug-likeness (QED) is 0.782. The molecule has 0 radical (unpaired) electrons. The third kappa shape index (κ3) is 3.90. The Morgan fingerprint density at radius 3 is 2.50 bits per heavy atom. The molecule has 138 valence electrons. The standard InChI is InChI=1S/C20H24N2O3S/c1-2-21(18-11-4-3-5-12-18)20(23)14-16-26(24,25)22-15-8-10-17-9-6-7-13-19(17)22/h3-7,9,11-13H,2,8,10,14-16H2,1H3. The van der Waals surface area contributed by atoms with Gasteiger partial charge in [0.05, 0.1) is 11.4 Å². The second-order valence-electron chi connectivity index (χ2n) is 6.34. The van der Waals surface area contributed by atoms with Crippen LogP contribution in [0.4, 0.5) is 11.4 Å². The molecule has 3 rings (SSSR count).